The largest absolute Gasteiger partial charge is 0.348 e. The van der Waals surface area contributed by atoms with Crippen molar-refractivity contribution in [3.63, 3.8) is 0 Å². The molecule has 0 bridgehead atoms. The van der Waals surface area contributed by atoms with Crippen LogP contribution in [0.25, 0.3) is 6.08 Å². The van der Waals surface area contributed by atoms with Crippen LogP contribution in [0.15, 0.2) is 46.5 Å². The molecular formula is C20H13Cl4N3O2S. The average molecular weight is 501 g/mol. The molecule has 5 nitrogen and oxygen atoms in total. The fourth-order valence-corrected chi connectivity index (χ4v) is 6.07. The fraction of sp³-hybridized carbons (Fsp3) is 0.200. The van der Waals surface area contributed by atoms with E-state index in [-0.39, 0.29) is 5.91 Å². The van der Waals surface area contributed by atoms with Gasteiger partial charge < -0.3 is 4.84 Å². The summed E-state index contributed by atoms with van der Waals surface area (Å²) in [5, 5.41) is 5.14. The van der Waals surface area contributed by atoms with E-state index in [2.05, 4.69) is 5.16 Å². The summed E-state index contributed by atoms with van der Waals surface area (Å²) in [6.07, 6.45) is 2.51. The SMILES string of the molecule is O=C1/C(=C/c2ccc(Cl)cc2Cl)S[C@]23ON=C(c4c(Cl)cccc4Cl)N2CCCN13. The van der Waals surface area contributed by atoms with Crippen molar-refractivity contribution in [2.75, 3.05) is 13.1 Å². The molecule has 154 valence electrons. The molecule has 2 saturated heterocycles. The number of nitrogens with zero attached hydrogens (tertiary/aromatic N) is 3. The highest BCUT2D eigenvalue weighted by molar-refractivity contribution is 8.05. The number of rotatable bonds is 2. The summed E-state index contributed by atoms with van der Waals surface area (Å²) in [4.78, 5) is 23.2. The molecule has 3 aliphatic heterocycles. The maximum atomic E-state index is 13.2. The Labute approximate surface area is 197 Å². The van der Waals surface area contributed by atoms with E-state index in [4.69, 9.17) is 51.2 Å². The van der Waals surface area contributed by atoms with Crippen molar-refractivity contribution in [2.45, 2.75) is 11.6 Å². The second-order valence-corrected chi connectivity index (χ2v) is 9.72. The standard InChI is InChI=1S/C20H13Cl4N3O2S/c21-12-6-5-11(15(24)10-12)9-16-19(28)27-8-2-7-26-18(25-29-20(26,27)30-16)17-13(22)3-1-4-14(17)23/h1,3-6,9-10H,2,7-8H2/b16-9-/t20-/m1/s1. The van der Waals surface area contributed by atoms with Gasteiger partial charge in [-0.15, -0.1) is 0 Å². The number of amidine groups is 1. The van der Waals surface area contributed by atoms with E-state index in [1.165, 1.54) is 11.8 Å². The quantitative estimate of drug-likeness (QED) is 0.479. The number of amides is 1. The van der Waals surface area contributed by atoms with Crippen LogP contribution in [0.5, 0.6) is 0 Å². The molecule has 2 fully saturated rings. The Morgan fingerprint density at radius 2 is 1.77 bits per heavy atom. The van der Waals surface area contributed by atoms with Crippen LogP contribution in [0.1, 0.15) is 17.5 Å². The Hall–Kier alpha value is -1.57. The first-order valence-electron chi connectivity index (χ1n) is 9.06. The van der Waals surface area contributed by atoms with Gasteiger partial charge in [0.25, 0.3) is 5.91 Å². The molecule has 1 amide bonds. The number of carbonyl (C=O) groups is 1. The van der Waals surface area contributed by atoms with Crippen LogP contribution >= 0.6 is 58.2 Å². The van der Waals surface area contributed by atoms with Gasteiger partial charge in [0.2, 0.25) is 0 Å². The van der Waals surface area contributed by atoms with Gasteiger partial charge in [-0.1, -0.05) is 63.7 Å². The highest BCUT2D eigenvalue weighted by Crippen LogP contribution is 2.53. The van der Waals surface area contributed by atoms with Crippen molar-refractivity contribution in [3.05, 3.63) is 72.5 Å². The lowest BCUT2D eigenvalue weighted by atomic mass is 10.1. The Morgan fingerprint density at radius 1 is 1.03 bits per heavy atom. The molecule has 1 atom stereocenters. The minimum absolute atomic E-state index is 0.141. The Kier molecular flexibility index (Phi) is 5.11. The topological polar surface area (TPSA) is 45.1 Å². The number of benzene rings is 2. The summed E-state index contributed by atoms with van der Waals surface area (Å²) >= 11 is 26.4. The third-order valence-electron chi connectivity index (χ3n) is 5.09. The van der Waals surface area contributed by atoms with Crippen molar-refractivity contribution < 1.29 is 9.63 Å². The van der Waals surface area contributed by atoms with Gasteiger partial charge in [-0.05, 0) is 54.1 Å². The van der Waals surface area contributed by atoms with Gasteiger partial charge in [0.05, 0.1) is 20.5 Å². The van der Waals surface area contributed by atoms with Gasteiger partial charge >= 0.3 is 5.18 Å². The molecule has 2 aromatic carbocycles. The average Bonchev–Trinajstić information content (AvgIpc) is 3.20. The van der Waals surface area contributed by atoms with Crippen molar-refractivity contribution in [3.8, 4) is 0 Å². The van der Waals surface area contributed by atoms with Crippen molar-refractivity contribution in [2.24, 2.45) is 5.16 Å². The lowest BCUT2D eigenvalue weighted by Crippen LogP contribution is -2.60. The fourth-order valence-electron chi connectivity index (χ4n) is 3.73. The van der Waals surface area contributed by atoms with Crippen LogP contribution in [-0.4, -0.2) is 39.8 Å². The molecule has 10 heteroatoms. The zero-order valence-corrected chi connectivity index (χ0v) is 19.1. The summed E-state index contributed by atoms with van der Waals surface area (Å²) in [5.41, 5.74) is 1.29. The van der Waals surface area contributed by atoms with Gasteiger partial charge in [-0.25, -0.2) is 0 Å². The Morgan fingerprint density at radius 3 is 2.50 bits per heavy atom. The van der Waals surface area contributed by atoms with Gasteiger partial charge in [0.15, 0.2) is 5.84 Å². The van der Waals surface area contributed by atoms with E-state index < -0.39 is 5.18 Å². The molecule has 0 radical (unpaired) electrons. The van der Waals surface area contributed by atoms with Crippen molar-refractivity contribution in [1.82, 2.24) is 9.80 Å². The first-order chi connectivity index (χ1) is 14.4. The summed E-state index contributed by atoms with van der Waals surface area (Å²) in [6.45, 7) is 1.19. The maximum absolute atomic E-state index is 13.2. The smallest absolute Gasteiger partial charge is 0.332 e. The molecule has 0 N–H and O–H groups in total. The van der Waals surface area contributed by atoms with Crippen LogP contribution in [0, 0.1) is 0 Å². The normalized spacial score (nSPS) is 24.1. The number of hydrogen-bond donors (Lipinski definition) is 0. The van der Waals surface area contributed by atoms with Crippen molar-refractivity contribution in [1.29, 1.82) is 0 Å². The monoisotopic (exact) mass is 499 g/mol. The third-order valence-corrected chi connectivity index (χ3v) is 7.57. The van der Waals surface area contributed by atoms with E-state index in [0.29, 0.717) is 55.0 Å². The molecule has 0 saturated carbocycles. The lowest BCUT2D eigenvalue weighted by molar-refractivity contribution is -0.167. The first kappa shape index (κ1) is 20.3. The predicted octanol–water partition coefficient (Wildman–Crippen LogP) is 5.93. The number of oxime groups is 1. The number of hydrogen-bond acceptors (Lipinski definition) is 5. The molecule has 3 heterocycles. The molecule has 3 aliphatic rings. The zero-order chi connectivity index (χ0) is 21.0. The van der Waals surface area contributed by atoms with E-state index in [9.17, 15) is 4.79 Å². The first-order valence-corrected chi connectivity index (χ1v) is 11.4. The van der Waals surface area contributed by atoms with Crippen LogP contribution < -0.4 is 0 Å². The van der Waals surface area contributed by atoms with Crippen LogP contribution in [-0.2, 0) is 9.63 Å². The van der Waals surface area contributed by atoms with Gasteiger partial charge in [-0.3, -0.25) is 14.6 Å². The molecule has 2 aromatic rings. The van der Waals surface area contributed by atoms with E-state index in [1.807, 2.05) is 4.90 Å². The van der Waals surface area contributed by atoms with Gasteiger partial charge in [0.1, 0.15) is 0 Å². The molecule has 5 rings (SSSR count). The summed E-state index contributed by atoms with van der Waals surface area (Å²) in [6, 6.07) is 10.4. The predicted molar refractivity (Wildman–Crippen MR) is 122 cm³/mol. The Bertz CT molecular complexity index is 1120. The van der Waals surface area contributed by atoms with E-state index in [0.717, 1.165) is 6.42 Å². The van der Waals surface area contributed by atoms with Crippen LogP contribution in [0.3, 0.4) is 0 Å². The minimum atomic E-state index is -1.10. The second kappa shape index (κ2) is 7.53. The molecule has 30 heavy (non-hydrogen) atoms. The van der Waals surface area contributed by atoms with Crippen LogP contribution in [0.2, 0.25) is 20.1 Å². The van der Waals surface area contributed by atoms with E-state index in [1.54, 1.807) is 47.4 Å². The molecule has 0 aromatic heterocycles. The number of carbonyl (C=O) groups excluding carboxylic acids is 1. The Balaban J connectivity index is 1.54. The number of halogens is 4. The van der Waals surface area contributed by atoms with Gasteiger partial charge in [-0.2, -0.15) is 0 Å². The molecule has 1 spiro atoms. The summed E-state index contributed by atoms with van der Waals surface area (Å²) < 4.78 is 0. The van der Waals surface area contributed by atoms with E-state index >= 15 is 0 Å². The highest BCUT2D eigenvalue weighted by Gasteiger charge is 2.62. The third kappa shape index (κ3) is 3.09. The zero-order valence-electron chi connectivity index (χ0n) is 15.2. The minimum Gasteiger partial charge on any atom is -0.332 e. The summed E-state index contributed by atoms with van der Waals surface area (Å²) in [7, 11) is 0. The molecule has 0 aliphatic carbocycles. The molecular weight excluding hydrogens is 488 g/mol. The second-order valence-electron chi connectivity index (χ2n) is 6.89. The van der Waals surface area contributed by atoms with Gasteiger partial charge in [0, 0.05) is 23.1 Å². The van der Waals surface area contributed by atoms with Crippen LogP contribution in [0.4, 0.5) is 0 Å². The summed E-state index contributed by atoms with van der Waals surface area (Å²) in [5.74, 6) is 0.374. The molecule has 0 unspecified atom stereocenters. The highest BCUT2D eigenvalue weighted by atomic mass is 35.5. The van der Waals surface area contributed by atoms with Crippen molar-refractivity contribution >= 4 is 76.0 Å². The number of thioether (sulfide) groups is 1. The maximum Gasteiger partial charge on any atom is 0.348 e. The lowest BCUT2D eigenvalue weighted by Gasteiger charge is -2.42.